The van der Waals surface area contributed by atoms with E-state index in [9.17, 15) is 4.79 Å². The number of benzene rings is 1. The second-order valence-corrected chi connectivity index (χ2v) is 6.87. The van der Waals surface area contributed by atoms with Crippen molar-refractivity contribution in [1.29, 1.82) is 5.26 Å². The smallest absolute Gasteiger partial charge is 0.321 e. The molecule has 0 spiro atoms. The number of amides is 2. The monoisotopic (exact) mass is 311 g/mol. The molecule has 2 amide bonds. The first kappa shape index (κ1) is 15.9. The number of rotatable bonds is 2. The van der Waals surface area contributed by atoms with Gasteiger partial charge in [0.1, 0.15) is 0 Å². The van der Waals surface area contributed by atoms with E-state index in [1.807, 2.05) is 17.9 Å². The molecule has 1 heterocycles. The first-order valence-electron chi connectivity index (χ1n) is 8.77. The van der Waals surface area contributed by atoms with Crippen LogP contribution in [-0.2, 0) is 0 Å². The van der Waals surface area contributed by atoms with Gasteiger partial charge in [-0.25, -0.2) is 4.79 Å². The second-order valence-electron chi connectivity index (χ2n) is 6.87. The first-order chi connectivity index (χ1) is 11.2. The summed E-state index contributed by atoms with van der Waals surface area (Å²) in [5.41, 5.74) is 2.32. The predicted molar refractivity (Wildman–Crippen MR) is 91.2 cm³/mol. The third kappa shape index (κ3) is 3.50. The minimum atomic E-state index is -0.00346. The second kappa shape index (κ2) is 7.04. The molecule has 1 atom stereocenters. The Balaban J connectivity index is 1.71. The lowest BCUT2D eigenvalue weighted by Crippen LogP contribution is -2.43. The normalized spacial score (nSPS) is 21.9. The molecule has 1 saturated carbocycles. The van der Waals surface area contributed by atoms with Crippen LogP contribution in [0.1, 0.15) is 56.1 Å². The molecule has 1 aliphatic carbocycles. The molecule has 3 rings (SSSR count). The van der Waals surface area contributed by atoms with E-state index < -0.39 is 0 Å². The lowest BCUT2D eigenvalue weighted by Gasteiger charge is -2.34. The van der Waals surface area contributed by atoms with Crippen LogP contribution in [0.5, 0.6) is 0 Å². The Bertz CT molecular complexity index is 614. The van der Waals surface area contributed by atoms with Gasteiger partial charge in [0.05, 0.1) is 11.6 Å². The van der Waals surface area contributed by atoms with Crippen LogP contribution in [-0.4, -0.2) is 23.5 Å². The van der Waals surface area contributed by atoms with Gasteiger partial charge in [0.2, 0.25) is 0 Å². The maximum Gasteiger partial charge on any atom is 0.322 e. The Labute approximate surface area is 138 Å². The number of anilines is 1. The number of carbonyl (C=O) groups excluding carboxylic acids is 1. The Hall–Kier alpha value is -2.02. The van der Waals surface area contributed by atoms with Crippen LogP contribution in [0.15, 0.2) is 18.2 Å². The molecule has 1 aromatic carbocycles. The number of nitrogens with one attached hydrogen (secondary N) is 1. The van der Waals surface area contributed by atoms with Crippen molar-refractivity contribution in [3.63, 3.8) is 0 Å². The molecule has 0 radical (unpaired) electrons. The zero-order valence-corrected chi connectivity index (χ0v) is 13.8. The van der Waals surface area contributed by atoms with E-state index in [-0.39, 0.29) is 6.03 Å². The average Bonchev–Trinajstić information content (AvgIpc) is 3.07. The van der Waals surface area contributed by atoms with Crippen LogP contribution in [0, 0.1) is 24.2 Å². The molecule has 1 saturated heterocycles. The van der Waals surface area contributed by atoms with Crippen molar-refractivity contribution in [1.82, 2.24) is 4.90 Å². The molecule has 1 unspecified atom stereocenters. The number of likely N-dealkylation sites (tertiary alicyclic amines) is 1. The van der Waals surface area contributed by atoms with Crippen molar-refractivity contribution >= 4 is 11.7 Å². The molecule has 0 aromatic heterocycles. The Morgan fingerprint density at radius 3 is 2.74 bits per heavy atom. The lowest BCUT2D eigenvalue weighted by atomic mass is 9.83. The SMILES string of the molecule is Cc1ccc(C#N)cc1NC(=O)N1CCCC1C1CCCCC1. The van der Waals surface area contributed by atoms with Crippen LogP contribution in [0.2, 0.25) is 0 Å². The molecule has 1 aliphatic heterocycles. The number of aryl methyl sites for hydroxylation is 1. The van der Waals surface area contributed by atoms with Gasteiger partial charge >= 0.3 is 6.03 Å². The Morgan fingerprint density at radius 2 is 2.00 bits per heavy atom. The largest absolute Gasteiger partial charge is 0.322 e. The summed E-state index contributed by atoms with van der Waals surface area (Å²) in [7, 11) is 0. The van der Waals surface area contributed by atoms with Crippen molar-refractivity contribution in [2.45, 2.75) is 57.9 Å². The van der Waals surface area contributed by atoms with E-state index in [4.69, 9.17) is 5.26 Å². The standard InChI is InChI=1S/C19H25N3O/c1-14-9-10-15(13-20)12-17(14)21-19(23)22-11-5-8-18(22)16-6-3-2-4-7-16/h9-10,12,16,18H,2-8,11H2,1H3,(H,21,23). The molecule has 2 aliphatic rings. The highest BCUT2D eigenvalue weighted by molar-refractivity contribution is 5.90. The summed E-state index contributed by atoms with van der Waals surface area (Å²) in [5.74, 6) is 0.670. The van der Waals surface area contributed by atoms with E-state index in [2.05, 4.69) is 11.4 Å². The van der Waals surface area contributed by atoms with Gasteiger partial charge in [-0.05, 0) is 56.2 Å². The summed E-state index contributed by atoms with van der Waals surface area (Å²) in [6.45, 7) is 2.81. The molecule has 23 heavy (non-hydrogen) atoms. The van der Waals surface area contributed by atoms with Gasteiger partial charge in [-0.15, -0.1) is 0 Å². The Morgan fingerprint density at radius 1 is 1.22 bits per heavy atom. The highest BCUT2D eigenvalue weighted by Gasteiger charge is 2.35. The van der Waals surface area contributed by atoms with E-state index >= 15 is 0 Å². The molecule has 1 aromatic rings. The number of hydrogen-bond acceptors (Lipinski definition) is 2. The van der Waals surface area contributed by atoms with Crippen LogP contribution in [0.4, 0.5) is 10.5 Å². The molecule has 0 bridgehead atoms. The number of nitrogens with zero attached hydrogens (tertiary/aromatic N) is 2. The van der Waals surface area contributed by atoms with E-state index in [0.29, 0.717) is 17.5 Å². The zero-order valence-electron chi connectivity index (χ0n) is 13.8. The maximum absolute atomic E-state index is 12.8. The Kier molecular flexibility index (Phi) is 4.85. The van der Waals surface area contributed by atoms with Gasteiger partial charge in [0.25, 0.3) is 0 Å². The fraction of sp³-hybridized carbons (Fsp3) is 0.579. The molecule has 1 N–H and O–H groups in total. The van der Waals surface area contributed by atoms with Crippen molar-refractivity contribution in [3.8, 4) is 6.07 Å². The molecule has 4 heteroatoms. The van der Waals surface area contributed by atoms with Crippen molar-refractivity contribution in [3.05, 3.63) is 29.3 Å². The predicted octanol–water partition coefficient (Wildman–Crippen LogP) is 4.44. The number of carbonyl (C=O) groups is 1. The van der Waals surface area contributed by atoms with Crippen molar-refractivity contribution in [2.24, 2.45) is 5.92 Å². The molecular formula is C19H25N3O. The molecule has 2 fully saturated rings. The van der Waals surface area contributed by atoms with Gasteiger partial charge in [-0.2, -0.15) is 5.26 Å². The third-order valence-electron chi connectivity index (χ3n) is 5.36. The van der Waals surface area contributed by atoms with Crippen molar-refractivity contribution < 1.29 is 4.79 Å². The minimum Gasteiger partial charge on any atom is -0.321 e. The van der Waals surface area contributed by atoms with E-state index in [1.54, 1.807) is 12.1 Å². The van der Waals surface area contributed by atoms with E-state index in [1.165, 1.54) is 32.1 Å². The summed E-state index contributed by atoms with van der Waals surface area (Å²) < 4.78 is 0. The molecule has 4 nitrogen and oxygen atoms in total. The molecular weight excluding hydrogens is 286 g/mol. The topological polar surface area (TPSA) is 56.1 Å². The zero-order chi connectivity index (χ0) is 16.2. The first-order valence-corrected chi connectivity index (χ1v) is 8.77. The summed E-state index contributed by atoms with van der Waals surface area (Å²) in [6.07, 6.45) is 8.71. The van der Waals surface area contributed by atoms with Gasteiger partial charge in [-0.3, -0.25) is 0 Å². The summed E-state index contributed by atoms with van der Waals surface area (Å²) >= 11 is 0. The van der Waals surface area contributed by atoms with Crippen LogP contribution in [0.25, 0.3) is 0 Å². The number of urea groups is 1. The van der Waals surface area contributed by atoms with Gasteiger partial charge in [0.15, 0.2) is 0 Å². The summed E-state index contributed by atoms with van der Waals surface area (Å²) in [4.78, 5) is 14.8. The summed E-state index contributed by atoms with van der Waals surface area (Å²) in [5, 5.41) is 12.1. The lowest BCUT2D eigenvalue weighted by molar-refractivity contribution is 0.166. The number of nitriles is 1. The van der Waals surface area contributed by atoms with E-state index in [0.717, 1.165) is 30.6 Å². The van der Waals surface area contributed by atoms with Gasteiger partial charge in [-0.1, -0.05) is 25.3 Å². The summed E-state index contributed by atoms with van der Waals surface area (Å²) in [6, 6.07) is 7.96. The fourth-order valence-electron chi connectivity index (χ4n) is 4.07. The number of hydrogen-bond donors (Lipinski definition) is 1. The van der Waals surface area contributed by atoms with Crippen LogP contribution in [0.3, 0.4) is 0 Å². The van der Waals surface area contributed by atoms with Crippen molar-refractivity contribution in [2.75, 3.05) is 11.9 Å². The van der Waals surface area contributed by atoms with Gasteiger partial charge < -0.3 is 10.2 Å². The fourth-order valence-corrected chi connectivity index (χ4v) is 4.07. The van der Waals surface area contributed by atoms with Gasteiger partial charge in [0, 0.05) is 18.3 Å². The third-order valence-corrected chi connectivity index (χ3v) is 5.36. The highest BCUT2D eigenvalue weighted by atomic mass is 16.2. The van der Waals surface area contributed by atoms with Crippen LogP contribution < -0.4 is 5.32 Å². The van der Waals surface area contributed by atoms with Crippen LogP contribution >= 0.6 is 0 Å². The average molecular weight is 311 g/mol. The maximum atomic E-state index is 12.8. The minimum absolute atomic E-state index is 0.00346. The quantitative estimate of drug-likeness (QED) is 0.877. The molecule has 122 valence electrons. The highest BCUT2D eigenvalue weighted by Crippen LogP contribution is 2.34.